The third-order valence-electron chi connectivity index (χ3n) is 3.65. The van der Waals surface area contributed by atoms with Gasteiger partial charge in [0, 0.05) is 22.9 Å². The summed E-state index contributed by atoms with van der Waals surface area (Å²) in [6, 6.07) is 9.02. The van der Waals surface area contributed by atoms with Crippen molar-refractivity contribution in [2.45, 2.75) is 38.3 Å². The van der Waals surface area contributed by atoms with Crippen LogP contribution < -0.4 is 5.32 Å². The largest absolute Gasteiger partial charge is 0.353 e. The lowest BCUT2D eigenvalue weighted by atomic mass is 10.2. The number of anilines is 1. The van der Waals surface area contributed by atoms with Gasteiger partial charge in [-0.1, -0.05) is 40.9 Å². The van der Waals surface area contributed by atoms with E-state index < -0.39 is 0 Å². The van der Waals surface area contributed by atoms with E-state index in [1.165, 1.54) is 31.2 Å². The highest BCUT2D eigenvalue weighted by Gasteiger charge is 2.16. The summed E-state index contributed by atoms with van der Waals surface area (Å²) in [7, 11) is 0. The summed E-state index contributed by atoms with van der Waals surface area (Å²) < 4.78 is 3.30. The summed E-state index contributed by atoms with van der Waals surface area (Å²) >= 11 is 3.52. The normalized spacial score (nSPS) is 15.8. The average molecular weight is 320 g/mol. The first-order valence-corrected chi connectivity index (χ1v) is 7.63. The highest BCUT2D eigenvalue weighted by molar-refractivity contribution is 9.10. The number of nitrogens with zero attached hydrogens (tertiary/aromatic N) is 2. The van der Waals surface area contributed by atoms with Gasteiger partial charge >= 0.3 is 0 Å². The van der Waals surface area contributed by atoms with Gasteiger partial charge in [0.2, 0.25) is 5.95 Å². The van der Waals surface area contributed by atoms with Crippen molar-refractivity contribution in [1.82, 2.24) is 9.55 Å². The Hall–Kier alpha value is -1.29. The third-order valence-corrected chi connectivity index (χ3v) is 4.14. The first-order chi connectivity index (χ1) is 9.31. The summed E-state index contributed by atoms with van der Waals surface area (Å²) in [4.78, 5) is 4.44. The van der Waals surface area contributed by atoms with Gasteiger partial charge in [-0.15, -0.1) is 0 Å². The molecule has 0 unspecified atom stereocenters. The molecule has 0 atom stereocenters. The van der Waals surface area contributed by atoms with Gasteiger partial charge in [0.15, 0.2) is 0 Å². The first kappa shape index (κ1) is 12.7. The average Bonchev–Trinajstić information content (AvgIpc) is 3.03. The van der Waals surface area contributed by atoms with Crippen LogP contribution in [-0.2, 0) is 6.54 Å². The molecule has 0 radical (unpaired) electrons. The molecular weight excluding hydrogens is 302 g/mol. The molecule has 1 saturated carbocycles. The fourth-order valence-corrected chi connectivity index (χ4v) is 3.11. The molecule has 0 bridgehead atoms. The molecule has 1 N–H and O–H groups in total. The van der Waals surface area contributed by atoms with Crippen LogP contribution >= 0.6 is 15.9 Å². The Bertz CT molecular complexity index is 544. The smallest absolute Gasteiger partial charge is 0.203 e. The number of imidazole rings is 1. The molecule has 0 saturated heterocycles. The van der Waals surface area contributed by atoms with Crippen molar-refractivity contribution in [3.63, 3.8) is 0 Å². The lowest BCUT2D eigenvalue weighted by molar-refractivity contribution is 0.716. The number of benzene rings is 1. The predicted octanol–water partition coefficient (Wildman–Crippen LogP) is 4.05. The highest BCUT2D eigenvalue weighted by atomic mass is 79.9. The third kappa shape index (κ3) is 3.18. The molecule has 1 aliphatic carbocycles. The van der Waals surface area contributed by atoms with Crippen LogP contribution in [-0.4, -0.2) is 15.6 Å². The lowest BCUT2D eigenvalue weighted by Crippen LogP contribution is -2.18. The molecule has 1 aromatic carbocycles. The van der Waals surface area contributed by atoms with Gasteiger partial charge in [-0.25, -0.2) is 4.98 Å². The fourth-order valence-electron chi connectivity index (χ4n) is 2.66. The molecule has 19 heavy (non-hydrogen) atoms. The van der Waals surface area contributed by atoms with Gasteiger partial charge in [0.05, 0.1) is 6.54 Å². The number of hydrogen-bond acceptors (Lipinski definition) is 2. The van der Waals surface area contributed by atoms with Crippen LogP contribution in [0.2, 0.25) is 0 Å². The quantitative estimate of drug-likeness (QED) is 0.921. The Morgan fingerprint density at radius 3 is 2.95 bits per heavy atom. The van der Waals surface area contributed by atoms with E-state index in [1.807, 2.05) is 12.4 Å². The standard InChI is InChI=1S/C15H18BrN3/c16-13-5-3-4-12(10-13)11-19-9-8-17-15(19)18-14-6-1-2-7-14/h3-5,8-10,14H,1-2,6-7,11H2,(H,17,18). The summed E-state index contributed by atoms with van der Waals surface area (Å²) in [6.45, 7) is 0.856. The van der Waals surface area contributed by atoms with E-state index in [-0.39, 0.29) is 0 Å². The Morgan fingerprint density at radius 2 is 2.16 bits per heavy atom. The summed E-state index contributed by atoms with van der Waals surface area (Å²) in [5.74, 6) is 0.992. The summed E-state index contributed by atoms with van der Waals surface area (Å²) in [5.41, 5.74) is 1.28. The molecule has 1 heterocycles. The van der Waals surface area contributed by atoms with Crippen LogP contribution in [0.25, 0.3) is 0 Å². The van der Waals surface area contributed by atoms with E-state index >= 15 is 0 Å². The second-order valence-electron chi connectivity index (χ2n) is 5.13. The topological polar surface area (TPSA) is 29.9 Å². The zero-order valence-electron chi connectivity index (χ0n) is 10.8. The fraction of sp³-hybridized carbons (Fsp3) is 0.400. The molecule has 4 heteroatoms. The zero-order valence-corrected chi connectivity index (χ0v) is 12.4. The van der Waals surface area contributed by atoms with Crippen molar-refractivity contribution in [3.8, 4) is 0 Å². The molecule has 2 aromatic rings. The minimum Gasteiger partial charge on any atom is -0.353 e. The molecule has 0 aliphatic heterocycles. The van der Waals surface area contributed by atoms with Crippen molar-refractivity contribution >= 4 is 21.9 Å². The Morgan fingerprint density at radius 1 is 1.32 bits per heavy atom. The molecule has 1 aliphatic rings. The van der Waals surface area contributed by atoms with Gasteiger partial charge in [0.25, 0.3) is 0 Å². The van der Waals surface area contributed by atoms with E-state index in [9.17, 15) is 0 Å². The monoisotopic (exact) mass is 319 g/mol. The number of nitrogens with one attached hydrogen (secondary N) is 1. The molecule has 0 amide bonds. The molecular formula is C15H18BrN3. The van der Waals surface area contributed by atoms with Gasteiger partial charge in [0.1, 0.15) is 0 Å². The van der Waals surface area contributed by atoms with Crippen molar-refractivity contribution in [2.75, 3.05) is 5.32 Å². The van der Waals surface area contributed by atoms with Crippen molar-refractivity contribution in [3.05, 3.63) is 46.7 Å². The zero-order chi connectivity index (χ0) is 13.1. The Balaban J connectivity index is 1.72. The minimum atomic E-state index is 0.601. The number of aromatic nitrogens is 2. The van der Waals surface area contributed by atoms with Crippen molar-refractivity contribution in [1.29, 1.82) is 0 Å². The van der Waals surface area contributed by atoms with Crippen LogP contribution in [0.5, 0.6) is 0 Å². The van der Waals surface area contributed by atoms with Crippen LogP contribution in [0.3, 0.4) is 0 Å². The number of rotatable bonds is 4. The number of halogens is 1. The molecule has 1 fully saturated rings. The van der Waals surface area contributed by atoms with E-state index in [2.05, 4.69) is 55.1 Å². The van der Waals surface area contributed by atoms with Crippen LogP contribution in [0.1, 0.15) is 31.2 Å². The molecule has 3 nitrogen and oxygen atoms in total. The minimum absolute atomic E-state index is 0.601. The van der Waals surface area contributed by atoms with Crippen molar-refractivity contribution in [2.24, 2.45) is 0 Å². The molecule has 0 spiro atoms. The molecule has 3 rings (SSSR count). The maximum absolute atomic E-state index is 4.44. The predicted molar refractivity (Wildman–Crippen MR) is 81.3 cm³/mol. The second-order valence-corrected chi connectivity index (χ2v) is 6.05. The van der Waals surface area contributed by atoms with Gasteiger partial charge in [-0.05, 0) is 30.5 Å². The van der Waals surface area contributed by atoms with Gasteiger partial charge in [-0.2, -0.15) is 0 Å². The summed E-state index contributed by atoms with van der Waals surface area (Å²) in [5, 5.41) is 3.56. The maximum atomic E-state index is 4.44. The number of hydrogen-bond donors (Lipinski definition) is 1. The van der Waals surface area contributed by atoms with Crippen molar-refractivity contribution < 1.29 is 0 Å². The van der Waals surface area contributed by atoms with Crippen LogP contribution in [0.15, 0.2) is 41.1 Å². The maximum Gasteiger partial charge on any atom is 0.203 e. The Labute approximate surface area is 122 Å². The van der Waals surface area contributed by atoms with E-state index in [1.54, 1.807) is 0 Å². The SMILES string of the molecule is Brc1cccc(Cn2ccnc2NC2CCCC2)c1. The first-order valence-electron chi connectivity index (χ1n) is 6.83. The van der Waals surface area contributed by atoms with Gasteiger partial charge in [-0.3, -0.25) is 0 Å². The van der Waals surface area contributed by atoms with E-state index in [0.29, 0.717) is 6.04 Å². The summed E-state index contributed by atoms with van der Waals surface area (Å²) in [6.07, 6.45) is 9.12. The highest BCUT2D eigenvalue weighted by Crippen LogP contribution is 2.22. The lowest BCUT2D eigenvalue weighted by Gasteiger charge is -2.14. The van der Waals surface area contributed by atoms with Crippen LogP contribution in [0.4, 0.5) is 5.95 Å². The van der Waals surface area contributed by atoms with E-state index in [4.69, 9.17) is 0 Å². The Kier molecular flexibility index (Phi) is 3.87. The second kappa shape index (κ2) is 5.78. The van der Waals surface area contributed by atoms with E-state index in [0.717, 1.165) is 17.0 Å². The molecule has 1 aromatic heterocycles. The molecule has 100 valence electrons. The van der Waals surface area contributed by atoms with Gasteiger partial charge < -0.3 is 9.88 Å². The van der Waals surface area contributed by atoms with Crippen LogP contribution in [0, 0.1) is 0 Å².